The van der Waals surface area contributed by atoms with Gasteiger partial charge in [0.05, 0.1) is 16.1 Å². The summed E-state index contributed by atoms with van der Waals surface area (Å²) in [5, 5.41) is 14.2. The van der Waals surface area contributed by atoms with E-state index in [-0.39, 0.29) is 12.1 Å². The molecule has 0 saturated heterocycles. The van der Waals surface area contributed by atoms with Crippen LogP contribution in [0.4, 0.5) is 4.79 Å². The molecule has 4 rings (SSSR count). The van der Waals surface area contributed by atoms with Crippen LogP contribution in [0.5, 0.6) is 0 Å². The van der Waals surface area contributed by atoms with Gasteiger partial charge in [0.2, 0.25) is 0 Å². The van der Waals surface area contributed by atoms with Crippen molar-refractivity contribution in [3.05, 3.63) is 80.8 Å². The molecule has 1 aliphatic carbocycles. The van der Waals surface area contributed by atoms with Crippen LogP contribution in [-0.4, -0.2) is 21.2 Å². The first-order chi connectivity index (χ1) is 13.5. The van der Waals surface area contributed by atoms with Crippen LogP contribution in [0, 0.1) is 6.92 Å². The van der Waals surface area contributed by atoms with E-state index in [0.29, 0.717) is 21.7 Å². The minimum absolute atomic E-state index is 0.116. The van der Waals surface area contributed by atoms with Crippen LogP contribution in [0.15, 0.2) is 42.5 Å². The van der Waals surface area contributed by atoms with E-state index in [1.165, 1.54) is 0 Å². The molecule has 0 bridgehead atoms. The van der Waals surface area contributed by atoms with Crippen LogP contribution < -0.4 is 10.6 Å². The molecule has 1 heterocycles. The van der Waals surface area contributed by atoms with Gasteiger partial charge in [-0.3, -0.25) is 5.10 Å². The number of rotatable bonds is 4. The molecule has 0 spiro atoms. The number of aryl methyl sites for hydroxylation is 1. The Morgan fingerprint density at radius 3 is 2.71 bits per heavy atom. The number of hydrogen-bond donors (Lipinski definition) is 3. The number of aromatic amines is 1. The van der Waals surface area contributed by atoms with Gasteiger partial charge in [-0.15, -0.1) is 0 Å². The largest absolute Gasteiger partial charge is 0.331 e. The van der Waals surface area contributed by atoms with Crippen molar-refractivity contribution in [3.63, 3.8) is 0 Å². The maximum atomic E-state index is 12.8. The third kappa shape index (κ3) is 3.70. The molecule has 0 fully saturated rings. The van der Waals surface area contributed by atoms with Crippen molar-refractivity contribution in [3.8, 4) is 0 Å². The van der Waals surface area contributed by atoms with Crippen LogP contribution in [0.1, 0.15) is 46.8 Å². The fraction of sp³-hybridized carbons (Fsp3) is 0.250. The van der Waals surface area contributed by atoms with Crippen molar-refractivity contribution in [1.82, 2.24) is 25.8 Å². The highest BCUT2D eigenvalue weighted by atomic mass is 35.5. The van der Waals surface area contributed by atoms with E-state index < -0.39 is 6.04 Å². The smallest absolute Gasteiger partial charge is 0.316 e. The number of benzene rings is 2. The van der Waals surface area contributed by atoms with Gasteiger partial charge >= 0.3 is 6.03 Å². The molecule has 0 saturated carbocycles. The number of nitrogens with one attached hydrogen (secondary N) is 3. The summed E-state index contributed by atoms with van der Waals surface area (Å²) in [7, 11) is 0. The zero-order valence-corrected chi connectivity index (χ0v) is 16.7. The maximum Gasteiger partial charge on any atom is 0.316 e. The van der Waals surface area contributed by atoms with E-state index >= 15 is 0 Å². The lowest BCUT2D eigenvalue weighted by Gasteiger charge is -2.20. The van der Waals surface area contributed by atoms with Crippen molar-refractivity contribution < 1.29 is 4.79 Å². The number of urea groups is 1. The van der Waals surface area contributed by atoms with E-state index in [1.807, 2.05) is 43.3 Å². The normalized spacial score (nSPS) is 16.5. The second-order valence-corrected chi connectivity index (χ2v) is 7.55. The molecule has 2 atom stereocenters. The maximum absolute atomic E-state index is 12.8. The highest BCUT2D eigenvalue weighted by molar-refractivity contribution is 6.42. The molecule has 0 aliphatic heterocycles. The lowest BCUT2D eigenvalue weighted by Crippen LogP contribution is -2.40. The van der Waals surface area contributed by atoms with Crippen molar-refractivity contribution in [2.75, 3.05) is 0 Å². The van der Waals surface area contributed by atoms with Gasteiger partial charge < -0.3 is 10.6 Å². The lowest BCUT2D eigenvalue weighted by molar-refractivity contribution is 0.234. The van der Waals surface area contributed by atoms with E-state index in [1.54, 1.807) is 6.07 Å². The number of fused-ring (bicyclic) bond motifs is 1. The SMILES string of the molecule is Cc1nc(C(NC(=O)NC2CCc3c2ccc(Cl)c3Cl)c2ccccc2)n[nH]1. The van der Waals surface area contributed by atoms with E-state index in [9.17, 15) is 4.79 Å². The van der Waals surface area contributed by atoms with E-state index in [0.717, 1.165) is 29.5 Å². The van der Waals surface area contributed by atoms with E-state index in [4.69, 9.17) is 23.2 Å². The first-order valence-electron chi connectivity index (χ1n) is 9.00. The van der Waals surface area contributed by atoms with Crippen LogP contribution in [0.3, 0.4) is 0 Å². The second-order valence-electron chi connectivity index (χ2n) is 6.76. The lowest BCUT2D eigenvalue weighted by atomic mass is 10.1. The highest BCUT2D eigenvalue weighted by Gasteiger charge is 2.28. The quantitative estimate of drug-likeness (QED) is 0.586. The number of carbonyl (C=O) groups is 1. The standard InChI is InChI=1S/C20H19Cl2N5O/c1-11-23-19(27-26-11)18(12-5-3-2-4-6-12)25-20(28)24-16-10-8-14-13(16)7-9-15(21)17(14)22/h2-7,9,16,18H,8,10H2,1H3,(H,23,26,27)(H2,24,25,28). The third-order valence-electron chi connectivity index (χ3n) is 4.88. The molecule has 3 aromatic rings. The Morgan fingerprint density at radius 1 is 1.21 bits per heavy atom. The van der Waals surface area contributed by atoms with Gasteiger partial charge in [-0.2, -0.15) is 5.10 Å². The molecular weight excluding hydrogens is 397 g/mol. The Balaban J connectivity index is 1.53. The number of aromatic nitrogens is 3. The molecule has 1 aromatic heterocycles. The van der Waals surface area contributed by atoms with Crippen LogP contribution in [0.25, 0.3) is 0 Å². The molecule has 2 aromatic carbocycles. The predicted octanol–water partition coefficient (Wildman–Crippen LogP) is 4.50. The molecule has 28 heavy (non-hydrogen) atoms. The average Bonchev–Trinajstić information content (AvgIpc) is 3.30. The number of hydrogen-bond acceptors (Lipinski definition) is 3. The van der Waals surface area contributed by atoms with Gasteiger partial charge in [0.25, 0.3) is 0 Å². The van der Waals surface area contributed by atoms with Crippen LogP contribution in [-0.2, 0) is 6.42 Å². The zero-order valence-electron chi connectivity index (χ0n) is 15.2. The fourth-order valence-electron chi connectivity index (χ4n) is 3.54. The molecule has 2 amide bonds. The van der Waals surface area contributed by atoms with Crippen molar-refractivity contribution in [1.29, 1.82) is 0 Å². The predicted molar refractivity (Wildman–Crippen MR) is 109 cm³/mol. The summed E-state index contributed by atoms with van der Waals surface area (Å²) in [6, 6.07) is 12.5. The van der Waals surface area contributed by atoms with Gasteiger partial charge in [-0.25, -0.2) is 9.78 Å². The van der Waals surface area contributed by atoms with Gasteiger partial charge in [-0.1, -0.05) is 59.6 Å². The summed E-state index contributed by atoms with van der Waals surface area (Å²) in [6.07, 6.45) is 1.56. The summed E-state index contributed by atoms with van der Waals surface area (Å²) in [5.74, 6) is 1.20. The van der Waals surface area contributed by atoms with Crippen molar-refractivity contribution in [2.24, 2.45) is 0 Å². The first kappa shape index (κ1) is 18.8. The number of H-pyrrole nitrogens is 1. The monoisotopic (exact) mass is 415 g/mol. The van der Waals surface area contributed by atoms with E-state index in [2.05, 4.69) is 25.8 Å². The Morgan fingerprint density at radius 2 is 2.00 bits per heavy atom. The van der Waals surface area contributed by atoms with Gasteiger partial charge in [0, 0.05) is 0 Å². The third-order valence-corrected chi connectivity index (χ3v) is 5.72. The molecule has 144 valence electrons. The average molecular weight is 416 g/mol. The molecular formula is C20H19Cl2N5O. The molecule has 6 nitrogen and oxygen atoms in total. The number of carbonyl (C=O) groups excluding carboxylic acids is 1. The molecule has 1 aliphatic rings. The number of nitrogens with zero attached hydrogens (tertiary/aromatic N) is 2. The molecule has 3 N–H and O–H groups in total. The first-order valence-corrected chi connectivity index (χ1v) is 9.76. The molecule has 2 unspecified atom stereocenters. The summed E-state index contributed by atoms with van der Waals surface area (Å²) < 4.78 is 0. The molecule has 8 heteroatoms. The minimum atomic E-state index is -0.458. The summed E-state index contributed by atoms with van der Waals surface area (Å²) >= 11 is 12.4. The van der Waals surface area contributed by atoms with Crippen LogP contribution >= 0.6 is 23.2 Å². The number of halogens is 2. The molecule has 0 radical (unpaired) electrons. The fourth-order valence-corrected chi connectivity index (χ4v) is 3.99. The second kappa shape index (κ2) is 7.81. The number of amides is 2. The van der Waals surface area contributed by atoms with Crippen LogP contribution in [0.2, 0.25) is 10.0 Å². The topological polar surface area (TPSA) is 82.7 Å². The van der Waals surface area contributed by atoms with Crippen molar-refractivity contribution >= 4 is 29.2 Å². The summed E-state index contributed by atoms with van der Waals surface area (Å²) in [4.78, 5) is 17.2. The highest BCUT2D eigenvalue weighted by Crippen LogP contribution is 2.39. The Kier molecular flexibility index (Phi) is 5.24. The zero-order chi connectivity index (χ0) is 19.7. The Bertz CT molecular complexity index is 1010. The Labute approximate surface area is 172 Å². The van der Waals surface area contributed by atoms with Gasteiger partial charge in [0.15, 0.2) is 5.82 Å². The van der Waals surface area contributed by atoms with Gasteiger partial charge in [0.1, 0.15) is 11.9 Å². The summed E-state index contributed by atoms with van der Waals surface area (Å²) in [5.41, 5.74) is 2.91. The minimum Gasteiger partial charge on any atom is -0.331 e. The van der Waals surface area contributed by atoms with Gasteiger partial charge in [-0.05, 0) is 42.5 Å². The summed E-state index contributed by atoms with van der Waals surface area (Å²) in [6.45, 7) is 1.82. The Hall–Kier alpha value is -2.57. The van der Waals surface area contributed by atoms with Crippen molar-refractivity contribution in [2.45, 2.75) is 31.8 Å².